The van der Waals surface area contributed by atoms with Crippen molar-refractivity contribution in [3.63, 3.8) is 0 Å². The number of nitrogens with zero attached hydrogens (tertiary/aromatic N) is 4. The quantitative estimate of drug-likeness (QED) is 0.297. The Morgan fingerprint density at radius 2 is 1.84 bits per heavy atom. The fourth-order valence-electron chi connectivity index (χ4n) is 4.62. The maximum Gasteiger partial charge on any atom is 0.263 e. The third-order valence-electron chi connectivity index (χ3n) is 6.30. The van der Waals surface area contributed by atoms with Crippen LogP contribution >= 0.6 is 0 Å². The number of para-hydroxylation sites is 1. The fourth-order valence-corrected chi connectivity index (χ4v) is 4.62. The molecule has 2 aromatic carbocycles. The molecule has 3 heterocycles. The molecule has 5 aromatic rings. The minimum absolute atomic E-state index is 0.133. The molecule has 0 bridgehead atoms. The van der Waals surface area contributed by atoms with E-state index in [0.29, 0.717) is 40.1 Å². The Bertz CT molecular complexity index is 1550. The number of amides is 1. The number of hydrogen-bond donors (Lipinski definition) is 3. The van der Waals surface area contributed by atoms with E-state index in [4.69, 9.17) is 9.47 Å². The van der Waals surface area contributed by atoms with Crippen LogP contribution in [0.2, 0.25) is 0 Å². The Labute approximate surface area is 212 Å². The molecule has 1 unspecified atom stereocenters. The summed E-state index contributed by atoms with van der Waals surface area (Å²) in [4.78, 5) is 21.6. The Morgan fingerprint density at radius 1 is 1.08 bits per heavy atom. The maximum absolute atomic E-state index is 13.1. The topological polar surface area (TPSA) is 127 Å². The van der Waals surface area contributed by atoms with Gasteiger partial charge in [-0.2, -0.15) is 0 Å². The lowest BCUT2D eigenvalue weighted by Gasteiger charge is -2.32. The van der Waals surface area contributed by atoms with Gasteiger partial charge < -0.3 is 19.1 Å². The summed E-state index contributed by atoms with van der Waals surface area (Å²) in [5.74, 6) is 0.340. The molecule has 0 aliphatic heterocycles. The Kier molecular flexibility index (Phi) is 6.33. The number of carbonyl (C=O) groups is 1. The van der Waals surface area contributed by atoms with Crippen molar-refractivity contribution >= 4 is 22.9 Å². The number of aliphatic hydroxyl groups is 1. The lowest BCUT2D eigenvalue weighted by atomic mass is 9.82. The van der Waals surface area contributed by atoms with E-state index in [0.717, 1.165) is 0 Å². The molecule has 37 heavy (non-hydrogen) atoms. The van der Waals surface area contributed by atoms with Crippen LogP contribution < -0.4 is 14.8 Å². The molecule has 10 nitrogen and oxygen atoms in total. The number of carbonyl (C=O) groups excluding carboxylic acids is 1. The Balaban J connectivity index is 1.75. The average molecular weight is 499 g/mol. The highest BCUT2D eigenvalue weighted by molar-refractivity contribution is 6.06. The molecule has 10 heteroatoms. The van der Waals surface area contributed by atoms with Crippen LogP contribution in [0.4, 0.5) is 5.95 Å². The number of methoxy groups -OCH3 is 2. The fraction of sp³-hybridized carbons (Fsp3) is 0.185. The molecule has 5 rings (SSSR count). The second-order valence-corrected chi connectivity index (χ2v) is 8.28. The zero-order valence-corrected chi connectivity index (χ0v) is 20.6. The highest BCUT2D eigenvalue weighted by atomic mass is 16.5. The van der Waals surface area contributed by atoms with Crippen molar-refractivity contribution in [2.24, 2.45) is 0 Å². The summed E-state index contributed by atoms with van der Waals surface area (Å²) >= 11 is 0. The number of fused-ring (bicyclic) bond motifs is 1. The molecule has 0 saturated heterocycles. The van der Waals surface area contributed by atoms with Crippen molar-refractivity contribution in [2.75, 3.05) is 19.5 Å². The van der Waals surface area contributed by atoms with E-state index in [1.165, 1.54) is 13.4 Å². The number of H-pyrrole nitrogens is 1. The number of pyridine rings is 1. The number of aryl methyl sites for hydroxylation is 1. The molecule has 188 valence electrons. The normalized spacial score (nSPS) is 12.8. The zero-order valence-electron chi connectivity index (χ0n) is 20.6. The molecule has 0 saturated carbocycles. The van der Waals surface area contributed by atoms with E-state index in [1.54, 1.807) is 13.2 Å². The first-order chi connectivity index (χ1) is 18.0. The SMILES string of the molecule is CCn1c(C(O)(c2ccccc2)c2ccccc2OC)cc2nc(OC)c(C(=O)Nc3nc[nH]n3)cc21. The van der Waals surface area contributed by atoms with Crippen LogP contribution in [0, 0.1) is 0 Å². The minimum Gasteiger partial charge on any atom is -0.496 e. The summed E-state index contributed by atoms with van der Waals surface area (Å²) in [5, 5.41) is 21.6. The van der Waals surface area contributed by atoms with E-state index in [9.17, 15) is 9.90 Å². The summed E-state index contributed by atoms with van der Waals surface area (Å²) in [5.41, 5.74) is 1.65. The lowest BCUT2D eigenvalue weighted by molar-refractivity contribution is 0.102. The molecule has 0 radical (unpaired) electrons. The second kappa shape index (κ2) is 9.75. The molecular formula is C27H26N6O4. The molecule has 0 aliphatic carbocycles. The molecular weight excluding hydrogens is 472 g/mol. The van der Waals surface area contributed by atoms with Gasteiger partial charge in [-0.15, -0.1) is 5.10 Å². The van der Waals surface area contributed by atoms with Gasteiger partial charge >= 0.3 is 0 Å². The van der Waals surface area contributed by atoms with Crippen molar-refractivity contribution in [2.45, 2.75) is 19.1 Å². The van der Waals surface area contributed by atoms with Crippen LogP contribution in [-0.2, 0) is 12.1 Å². The summed E-state index contributed by atoms with van der Waals surface area (Å²) < 4.78 is 13.0. The lowest BCUT2D eigenvalue weighted by Crippen LogP contribution is -2.32. The van der Waals surface area contributed by atoms with E-state index in [2.05, 4.69) is 25.5 Å². The first kappa shape index (κ1) is 24.0. The highest BCUT2D eigenvalue weighted by Gasteiger charge is 2.40. The van der Waals surface area contributed by atoms with Gasteiger partial charge in [0.2, 0.25) is 11.8 Å². The van der Waals surface area contributed by atoms with Crippen molar-refractivity contribution in [3.8, 4) is 11.6 Å². The predicted octanol–water partition coefficient (Wildman–Crippen LogP) is 3.73. The van der Waals surface area contributed by atoms with Gasteiger partial charge in [0, 0.05) is 12.1 Å². The molecule has 0 fully saturated rings. The Morgan fingerprint density at radius 3 is 2.51 bits per heavy atom. The summed E-state index contributed by atoms with van der Waals surface area (Å²) in [6.45, 7) is 2.47. The van der Waals surface area contributed by atoms with Gasteiger partial charge in [-0.1, -0.05) is 48.5 Å². The minimum atomic E-state index is -1.58. The molecule has 0 aliphatic rings. The first-order valence-corrected chi connectivity index (χ1v) is 11.7. The van der Waals surface area contributed by atoms with Crippen molar-refractivity contribution in [1.29, 1.82) is 0 Å². The molecule has 3 N–H and O–H groups in total. The second-order valence-electron chi connectivity index (χ2n) is 8.28. The summed E-state index contributed by atoms with van der Waals surface area (Å²) in [6.07, 6.45) is 1.37. The number of aromatic nitrogens is 5. The van der Waals surface area contributed by atoms with Crippen LogP contribution in [0.1, 0.15) is 34.1 Å². The van der Waals surface area contributed by atoms with E-state index >= 15 is 0 Å². The molecule has 3 aromatic heterocycles. The number of ether oxygens (including phenoxy) is 2. The van der Waals surface area contributed by atoms with Crippen LogP contribution in [0.3, 0.4) is 0 Å². The van der Waals surface area contributed by atoms with Crippen molar-refractivity contribution in [3.05, 3.63) is 95.4 Å². The third kappa shape index (κ3) is 4.07. The van der Waals surface area contributed by atoms with E-state index in [-0.39, 0.29) is 17.4 Å². The van der Waals surface area contributed by atoms with Gasteiger partial charge in [-0.05, 0) is 30.7 Å². The molecule has 0 spiro atoms. The predicted molar refractivity (Wildman–Crippen MR) is 138 cm³/mol. The van der Waals surface area contributed by atoms with Crippen LogP contribution in [0.5, 0.6) is 11.6 Å². The number of aromatic amines is 1. The summed E-state index contributed by atoms with van der Waals surface area (Å²) in [6, 6.07) is 20.3. The number of rotatable bonds is 8. The maximum atomic E-state index is 13.1. The average Bonchev–Trinajstić information content (AvgIpc) is 3.59. The largest absolute Gasteiger partial charge is 0.496 e. The highest BCUT2D eigenvalue weighted by Crippen LogP contribution is 2.43. The van der Waals surface area contributed by atoms with Gasteiger partial charge in [-0.25, -0.2) is 9.97 Å². The van der Waals surface area contributed by atoms with Crippen molar-refractivity contribution in [1.82, 2.24) is 24.7 Å². The van der Waals surface area contributed by atoms with Crippen LogP contribution in [-0.4, -0.2) is 50.0 Å². The van der Waals surface area contributed by atoms with Crippen molar-refractivity contribution < 1.29 is 19.4 Å². The standard InChI is InChI=1S/C27H26N6O4/c1-4-33-21-14-18(24(34)31-26-28-16-29-32-26)25(37-3)30-20(21)15-23(33)27(35,17-10-6-5-7-11-17)19-12-8-9-13-22(19)36-2/h5-16,35H,4H2,1-3H3,(H2,28,29,31,32,34). The van der Waals surface area contributed by atoms with Crippen LogP contribution in [0.15, 0.2) is 73.1 Å². The first-order valence-electron chi connectivity index (χ1n) is 11.7. The van der Waals surface area contributed by atoms with E-state index < -0.39 is 11.5 Å². The molecule has 1 atom stereocenters. The zero-order chi connectivity index (χ0) is 26.0. The smallest absolute Gasteiger partial charge is 0.263 e. The molecule has 1 amide bonds. The monoisotopic (exact) mass is 498 g/mol. The van der Waals surface area contributed by atoms with Gasteiger partial charge in [0.05, 0.1) is 30.9 Å². The van der Waals surface area contributed by atoms with Gasteiger partial charge in [0.1, 0.15) is 17.6 Å². The number of benzene rings is 2. The van der Waals surface area contributed by atoms with Gasteiger partial charge in [0.15, 0.2) is 5.60 Å². The van der Waals surface area contributed by atoms with Gasteiger partial charge in [-0.3, -0.25) is 15.2 Å². The number of hydrogen-bond acceptors (Lipinski definition) is 7. The summed E-state index contributed by atoms with van der Waals surface area (Å²) in [7, 11) is 3.02. The van der Waals surface area contributed by atoms with E-state index in [1.807, 2.05) is 72.2 Å². The third-order valence-corrected chi connectivity index (χ3v) is 6.30. The number of anilines is 1. The van der Waals surface area contributed by atoms with Crippen LogP contribution in [0.25, 0.3) is 11.0 Å². The number of nitrogens with one attached hydrogen (secondary N) is 2. The Hall–Kier alpha value is -4.70. The van der Waals surface area contributed by atoms with Gasteiger partial charge in [0.25, 0.3) is 5.91 Å².